The summed E-state index contributed by atoms with van der Waals surface area (Å²) in [5, 5.41) is 41.9. The van der Waals surface area contributed by atoms with E-state index in [0.29, 0.717) is 6.42 Å². The molecule has 11 atom stereocenters. The number of allylic oxidation sites excluding steroid dienone is 2. The molecule has 1 saturated heterocycles. The standard InChI is InChI=1S/C30H46O9/c1-8-23(33)20(5)28-29(39-28)26(35)17(2)10-9-11-18(3)27-19(4)12-13-24(37-21(6)31)30(7,36)15-14-22(32)16-25(34)38-27/h9-15,17,19-20,22-24,26-29,32-33,35-36H,8,16H2,1-7H3. The molecule has 9 nitrogen and oxygen atoms in total. The number of hydrogen-bond acceptors (Lipinski definition) is 9. The van der Waals surface area contributed by atoms with Crippen molar-refractivity contribution in [2.24, 2.45) is 17.8 Å². The molecular weight excluding hydrogens is 504 g/mol. The van der Waals surface area contributed by atoms with Gasteiger partial charge in [0.2, 0.25) is 0 Å². The van der Waals surface area contributed by atoms with E-state index in [1.807, 2.05) is 40.7 Å². The summed E-state index contributed by atoms with van der Waals surface area (Å²) in [5.41, 5.74) is -0.889. The van der Waals surface area contributed by atoms with E-state index in [0.717, 1.165) is 5.57 Å². The van der Waals surface area contributed by atoms with Gasteiger partial charge in [-0.25, -0.2) is 0 Å². The second kappa shape index (κ2) is 14.4. The summed E-state index contributed by atoms with van der Waals surface area (Å²) in [6, 6.07) is 0. The van der Waals surface area contributed by atoms with Crippen LogP contribution >= 0.6 is 0 Å². The van der Waals surface area contributed by atoms with Gasteiger partial charge in [-0.05, 0) is 31.9 Å². The molecule has 220 valence electrons. The van der Waals surface area contributed by atoms with E-state index in [9.17, 15) is 30.0 Å². The number of carbonyl (C=O) groups is 2. The van der Waals surface area contributed by atoms with Crippen LogP contribution in [0.4, 0.5) is 0 Å². The lowest BCUT2D eigenvalue weighted by Crippen LogP contribution is -2.40. The van der Waals surface area contributed by atoms with Crippen LogP contribution in [-0.4, -0.2) is 80.7 Å². The van der Waals surface area contributed by atoms with Gasteiger partial charge in [0.15, 0.2) is 6.10 Å². The van der Waals surface area contributed by atoms with Crippen molar-refractivity contribution >= 4 is 11.9 Å². The molecular formula is C30H46O9. The smallest absolute Gasteiger partial charge is 0.309 e. The van der Waals surface area contributed by atoms with Crippen molar-refractivity contribution in [2.45, 2.75) is 110 Å². The highest BCUT2D eigenvalue weighted by Crippen LogP contribution is 2.36. The van der Waals surface area contributed by atoms with Gasteiger partial charge in [0.05, 0.1) is 30.8 Å². The molecule has 9 heteroatoms. The predicted molar refractivity (Wildman–Crippen MR) is 146 cm³/mol. The van der Waals surface area contributed by atoms with Crippen LogP contribution in [-0.2, 0) is 23.8 Å². The molecule has 0 aromatic rings. The molecule has 2 aliphatic rings. The fourth-order valence-corrected chi connectivity index (χ4v) is 4.67. The van der Waals surface area contributed by atoms with E-state index in [2.05, 4.69) is 0 Å². The molecule has 0 aromatic heterocycles. The van der Waals surface area contributed by atoms with Crippen molar-refractivity contribution in [1.29, 1.82) is 0 Å². The Morgan fingerprint density at radius 1 is 1.21 bits per heavy atom. The van der Waals surface area contributed by atoms with Gasteiger partial charge in [0, 0.05) is 24.7 Å². The van der Waals surface area contributed by atoms with Crippen molar-refractivity contribution in [3.63, 3.8) is 0 Å². The number of aliphatic hydroxyl groups excluding tert-OH is 3. The zero-order chi connectivity index (χ0) is 29.5. The third-order valence-corrected chi connectivity index (χ3v) is 7.43. The van der Waals surface area contributed by atoms with Crippen molar-refractivity contribution < 1.29 is 44.2 Å². The molecule has 0 bridgehead atoms. The average molecular weight is 551 g/mol. The van der Waals surface area contributed by atoms with Gasteiger partial charge < -0.3 is 34.6 Å². The third-order valence-electron chi connectivity index (χ3n) is 7.43. The predicted octanol–water partition coefficient (Wildman–Crippen LogP) is 2.77. The topological polar surface area (TPSA) is 146 Å². The van der Waals surface area contributed by atoms with E-state index in [1.54, 1.807) is 24.3 Å². The fraction of sp³-hybridized carbons (Fsp3) is 0.667. The summed E-state index contributed by atoms with van der Waals surface area (Å²) in [6.07, 6.45) is 7.00. The molecule has 0 amide bonds. The number of carbonyl (C=O) groups excluding carboxylic acids is 2. The minimum atomic E-state index is -1.61. The van der Waals surface area contributed by atoms with Crippen molar-refractivity contribution in [3.8, 4) is 0 Å². The van der Waals surface area contributed by atoms with Crippen LogP contribution in [0, 0.1) is 17.8 Å². The maximum atomic E-state index is 12.6. The van der Waals surface area contributed by atoms with Crippen molar-refractivity contribution in [2.75, 3.05) is 0 Å². The molecule has 0 spiro atoms. The summed E-state index contributed by atoms with van der Waals surface area (Å²) in [4.78, 5) is 24.2. The Labute approximate surface area is 231 Å². The zero-order valence-corrected chi connectivity index (χ0v) is 24.1. The summed E-state index contributed by atoms with van der Waals surface area (Å²) in [5.74, 6) is -1.81. The van der Waals surface area contributed by atoms with Crippen LogP contribution in [0.25, 0.3) is 0 Å². The van der Waals surface area contributed by atoms with E-state index >= 15 is 0 Å². The Bertz CT molecular complexity index is 950. The first-order valence-corrected chi connectivity index (χ1v) is 13.7. The first-order valence-electron chi connectivity index (χ1n) is 13.7. The van der Waals surface area contributed by atoms with Gasteiger partial charge in [-0.1, -0.05) is 64.2 Å². The van der Waals surface area contributed by atoms with E-state index in [-0.39, 0.29) is 36.4 Å². The highest BCUT2D eigenvalue weighted by atomic mass is 16.6. The first-order chi connectivity index (χ1) is 18.2. The molecule has 11 unspecified atom stereocenters. The second-order valence-corrected chi connectivity index (χ2v) is 11.1. The largest absolute Gasteiger partial charge is 0.457 e. The first kappa shape index (κ1) is 32.9. The van der Waals surface area contributed by atoms with E-state index < -0.39 is 48.1 Å². The molecule has 0 aliphatic carbocycles. The normalized spacial score (nSPS) is 35.4. The maximum absolute atomic E-state index is 12.6. The highest BCUT2D eigenvalue weighted by Gasteiger charge is 2.50. The molecule has 0 aromatic carbocycles. The zero-order valence-electron chi connectivity index (χ0n) is 24.1. The summed E-state index contributed by atoms with van der Waals surface area (Å²) < 4.78 is 16.7. The third kappa shape index (κ3) is 9.69. The van der Waals surface area contributed by atoms with Gasteiger partial charge in [0.25, 0.3) is 0 Å². The van der Waals surface area contributed by atoms with Crippen LogP contribution in [0.3, 0.4) is 0 Å². The second-order valence-electron chi connectivity index (χ2n) is 11.1. The van der Waals surface area contributed by atoms with Gasteiger partial charge in [-0.2, -0.15) is 0 Å². The van der Waals surface area contributed by atoms with Crippen LogP contribution in [0.1, 0.15) is 61.3 Å². The Balaban J connectivity index is 2.18. The Morgan fingerprint density at radius 2 is 1.87 bits per heavy atom. The molecule has 39 heavy (non-hydrogen) atoms. The molecule has 0 radical (unpaired) electrons. The number of cyclic esters (lactones) is 1. The van der Waals surface area contributed by atoms with Crippen LogP contribution in [0.5, 0.6) is 0 Å². The Kier molecular flexibility index (Phi) is 12.1. The Hall–Kier alpha value is -2.30. The SMILES string of the molecule is CCC(O)C(C)C1OC1C(O)C(C)C=CC=C(C)C1OC(=O)CC(O)C=CC(C)(O)C(OC(C)=O)C=CC1C. The molecule has 2 aliphatic heterocycles. The molecule has 4 N–H and O–H groups in total. The van der Waals surface area contributed by atoms with Crippen LogP contribution < -0.4 is 0 Å². The number of rotatable bonds is 9. The Morgan fingerprint density at radius 3 is 2.49 bits per heavy atom. The summed E-state index contributed by atoms with van der Waals surface area (Å²) in [7, 11) is 0. The molecule has 2 rings (SSSR count). The molecule has 0 saturated carbocycles. The lowest BCUT2D eigenvalue weighted by Gasteiger charge is -2.29. The summed E-state index contributed by atoms with van der Waals surface area (Å²) in [6.45, 7) is 12.0. The number of hydrogen-bond donors (Lipinski definition) is 4. The lowest BCUT2D eigenvalue weighted by atomic mass is 9.91. The van der Waals surface area contributed by atoms with Crippen LogP contribution in [0.2, 0.25) is 0 Å². The molecule has 2 heterocycles. The number of ether oxygens (including phenoxy) is 3. The van der Waals surface area contributed by atoms with Crippen molar-refractivity contribution in [1.82, 2.24) is 0 Å². The number of aliphatic hydroxyl groups is 4. The van der Waals surface area contributed by atoms with Crippen LogP contribution in [0.15, 0.2) is 48.1 Å². The fourth-order valence-electron chi connectivity index (χ4n) is 4.67. The monoisotopic (exact) mass is 550 g/mol. The van der Waals surface area contributed by atoms with Gasteiger partial charge >= 0.3 is 11.9 Å². The minimum Gasteiger partial charge on any atom is -0.457 e. The quantitative estimate of drug-likeness (QED) is 0.147. The van der Waals surface area contributed by atoms with Crippen molar-refractivity contribution in [3.05, 3.63) is 48.1 Å². The van der Waals surface area contributed by atoms with E-state index in [4.69, 9.17) is 14.2 Å². The van der Waals surface area contributed by atoms with Gasteiger partial charge in [-0.15, -0.1) is 0 Å². The highest BCUT2D eigenvalue weighted by molar-refractivity contribution is 5.71. The van der Waals surface area contributed by atoms with Gasteiger partial charge in [-0.3, -0.25) is 9.59 Å². The minimum absolute atomic E-state index is 0.0588. The summed E-state index contributed by atoms with van der Waals surface area (Å²) >= 11 is 0. The van der Waals surface area contributed by atoms with Gasteiger partial charge in [0.1, 0.15) is 17.8 Å². The average Bonchev–Trinajstić information content (AvgIpc) is 3.66. The maximum Gasteiger partial charge on any atom is 0.309 e. The lowest BCUT2D eigenvalue weighted by molar-refractivity contribution is -0.152. The van der Waals surface area contributed by atoms with E-state index in [1.165, 1.54) is 26.0 Å². The number of esters is 2. The number of epoxide rings is 1. The molecule has 1 fully saturated rings.